The average molecular weight is 334 g/mol. The number of carbonyl (C=O) groups excluding carboxylic acids is 1. The lowest BCUT2D eigenvalue weighted by atomic mass is 10.2. The van der Waals surface area contributed by atoms with E-state index in [0.29, 0.717) is 12.3 Å². The van der Waals surface area contributed by atoms with Gasteiger partial charge in [-0.05, 0) is 29.9 Å². The van der Waals surface area contributed by atoms with Gasteiger partial charge in [0, 0.05) is 29.7 Å². The Morgan fingerprint density at radius 1 is 1.20 bits per heavy atom. The molecule has 0 fully saturated rings. The lowest BCUT2D eigenvalue weighted by Crippen LogP contribution is -2.27. The molecular weight excluding hydrogens is 314 g/mol. The highest BCUT2D eigenvalue weighted by Crippen LogP contribution is 2.15. The van der Waals surface area contributed by atoms with E-state index >= 15 is 0 Å². The van der Waals surface area contributed by atoms with Gasteiger partial charge in [0.25, 0.3) is 0 Å². The van der Waals surface area contributed by atoms with Crippen LogP contribution in [0.15, 0.2) is 24.3 Å². The maximum absolute atomic E-state index is 11.6. The van der Waals surface area contributed by atoms with E-state index < -0.39 is 0 Å². The molecule has 0 aromatic heterocycles. The Morgan fingerprint density at radius 2 is 1.95 bits per heavy atom. The summed E-state index contributed by atoms with van der Waals surface area (Å²) >= 11 is 9.16. The lowest BCUT2D eigenvalue weighted by molar-refractivity contribution is -0.118. The molecule has 0 radical (unpaired) electrons. The van der Waals surface area contributed by atoms with Gasteiger partial charge in [0.15, 0.2) is 0 Å². The second-order valence-electron chi connectivity index (χ2n) is 4.16. The van der Waals surface area contributed by atoms with Gasteiger partial charge in [0.05, 0.1) is 5.75 Å². The van der Waals surface area contributed by atoms with Crippen molar-refractivity contribution in [3.05, 3.63) is 34.9 Å². The Balaban J connectivity index is 2.01. The quantitative estimate of drug-likeness (QED) is 0.646. The number of aliphatic hydroxyl groups is 1. The summed E-state index contributed by atoms with van der Waals surface area (Å²) in [6, 6.07) is 7.68. The summed E-state index contributed by atoms with van der Waals surface area (Å²) in [5.74, 6) is 3.21. The minimum Gasteiger partial charge on any atom is -0.396 e. The third-order valence-corrected chi connectivity index (χ3v) is 4.76. The Hall–Kier alpha value is -0.360. The van der Waals surface area contributed by atoms with E-state index in [0.717, 1.165) is 28.7 Å². The van der Waals surface area contributed by atoms with Gasteiger partial charge in [-0.15, -0.1) is 11.8 Å². The minimum absolute atomic E-state index is 0.0757. The summed E-state index contributed by atoms with van der Waals surface area (Å²) in [7, 11) is 0. The standard InChI is InChI=1S/C14H20ClNO2S2/c15-13-4-2-12(3-5-13)10-20-11-14(18)16-6-9-19-8-1-7-17/h2-5,17H,1,6-11H2,(H,16,18). The van der Waals surface area contributed by atoms with Crippen LogP contribution in [0.3, 0.4) is 0 Å². The number of hydrogen-bond donors (Lipinski definition) is 2. The molecule has 0 aliphatic rings. The zero-order valence-electron chi connectivity index (χ0n) is 11.3. The molecule has 0 unspecified atom stereocenters. The zero-order valence-corrected chi connectivity index (χ0v) is 13.7. The predicted molar refractivity (Wildman–Crippen MR) is 89.7 cm³/mol. The van der Waals surface area contributed by atoms with E-state index in [9.17, 15) is 4.79 Å². The van der Waals surface area contributed by atoms with Crippen molar-refractivity contribution in [1.82, 2.24) is 5.32 Å². The molecule has 0 saturated heterocycles. The van der Waals surface area contributed by atoms with E-state index in [2.05, 4.69) is 5.32 Å². The van der Waals surface area contributed by atoms with Gasteiger partial charge in [0.1, 0.15) is 0 Å². The van der Waals surface area contributed by atoms with E-state index in [1.807, 2.05) is 24.3 Å². The molecule has 20 heavy (non-hydrogen) atoms. The first-order valence-electron chi connectivity index (χ1n) is 6.50. The van der Waals surface area contributed by atoms with Gasteiger partial charge in [0.2, 0.25) is 5.91 Å². The first-order valence-corrected chi connectivity index (χ1v) is 9.18. The van der Waals surface area contributed by atoms with Crippen molar-refractivity contribution < 1.29 is 9.90 Å². The van der Waals surface area contributed by atoms with Crippen LogP contribution < -0.4 is 5.32 Å². The molecular formula is C14H20ClNO2S2. The van der Waals surface area contributed by atoms with E-state index in [1.165, 1.54) is 5.56 Å². The SMILES string of the molecule is O=C(CSCc1ccc(Cl)cc1)NCCSCCCO. The van der Waals surface area contributed by atoms with Gasteiger partial charge < -0.3 is 10.4 Å². The Labute approximate surface area is 133 Å². The molecule has 0 saturated carbocycles. The first kappa shape index (κ1) is 17.7. The molecule has 2 N–H and O–H groups in total. The molecule has 0 aliphatic carbocycles. The fourth-order valence-electron chi connectivity index (χ4n) is 1.42. The largest absolute Gasteiger partial charge is 0.396 e. The fraction of sp³-hybridized carbons (Fsp3) is 0.500. The van der Waals surface area contributed by atoms with Crippen LogP contribution in [0.1, 0.15) is 12.0 Å². The van der Waals surface area contributed by atoms with Crippen LogP contribution in [-0.4, -0.2) is 41.4 Å². The summed E-state index contributed by atoms with van der Waals surface area (Å²) in [6.45, 7) is 0.928. The van der Waals surface area contributed by atoms with Crippen LogP contribution in [0.5, 0.6) is 0 Å². The number of benzene rings is 1. The van der Waals surface area contributed by atoms with Gasteiger partial charge in [-0.3, -0.25) is 4.79 Å². The highest BCUT2D eigenvalue weighted by molar-refractivity contribution is 7.99. The van der Waals surface area contributed by atoms with Crippen molar-refractivity contribution in [3.63, 3.8) is 0 Å². The summed E-state index contributed by atoms with van der Waals surface area (Å²) < 4.78 is 0. The van der Waals surface area contributed by atoms with Crippen molar-refractivity contribution in [2.24, 2.45) is 0 Å². The number of thioether (sulfide) groups is 2. The number of hydrogen-bond acceptors (Lipinski definition) is 4. The minimum atomic E-state index is 0.0757. The van der Waals surface area contributed by atoms with Crippen LogP contribution >= 0.6 is 35.1 Å². The molecule has 1 aromatic carbocycles. The number of aliphatic hydroxyl groups excluding tert-OH is 1. The predicted octanol–water partition coefficient (Wildman–Crippen LogP) is 2.81. The molecule has 1 rings (SSSR count). The summed E-state index contributed by atoms with van der Waals surface area (Å²) in [6.07, 6.45) is 0.815. The number of amides is 1. The van der Waals surface area contributed by atoms with Crippen molar-refractivity contribution in [2.45, 2.75) is 12.2 Å². The number of nitrogens with one attached hydrogen (secondary N) is 1. The fourth-order valence-corrected chi connectivity index (χ4v) is 3.15. The number of rotatable bonds is 10. The topological polar surface area (TPSA) is 49.3 Å². The highest BCUT2D eigenvalue weighted by atomic mass is 35.5. The third-order valence-electron chi connectivity index (χ3n) is 2.43. The second-order valence-corrected chi connectivity index (χ2v) is 6.81. The van der Waals surface area contributed by atoms with E-state index in [4.69, 9.17) is 16.7 Å². The monoisotopic (exact) mass is 333 g/mol. The second kappa shape index (κ2) is 11.3. The van der Waals surface area contributed by atoms with Gasteiger partial charge in [-0.1, -0.05) is 23.7 Å². The molecule has 1 amide bonds. The molecule has 0 heterocycles. The molecule has 0 atom stereocenters. The molecule has 3 nitrogen and oxygen atoms in total. The number of carbonyl (C=O) groups is 1. The Kier molecular flexibility index (Phi) is 10.0. The first-order chi connectivity index (χ1) is 9.72. The molecule has 1 aromatic rings. The highest BCUT2D eigenvalue weighted by Gasteiger charge is 2.01. The van der Waals surface area contributed by atoms with Gasteiger partial charge in [-0.25, -0.2) is 0 Å². The van der Waals surface area contributed by atoms with Crippen LogP contribution in [0.2, 0.25) is 5.02 Å². The Morgan fingerprint density at radius 3 is 2.65 bits per heavy atom. The van der Waals surface area contributed by atoms with Crippen molar-refractivity contribution in [3.8, 4) is 0 Å². The van der Waals surface area contributed by atoms with Crippen LogP contribution in [0.4, 0.5) is 0 Å². The Bertz CT molecular complexity index is 387. The molecule has 0 bridgehead atoms. The summed E-state index contributed by atoms with van der Waals surface area (Å²) in [4.78, 5) is 11.6. The average Bonchev–Trinajstić information content (AvgIpc) is 2.45. The summed E-state index contributed by atoms with van der Waals surface area (Å²) in [5, 5.41) is 12.2. The maximum Gasteiger partial charge on any atom is 0.230 e. The van der Waals surface area contributed by atoms with Crippen LogP contribution in [0, 0.1) is 0 Å². The molecule has 0 spiro atoms. The maximum atomic E-state index is 11.6. The van der Waals surface area contributed by atoms with E-state index in [-0.39, 0.29) is 12.5 Å². The smallest absolute Gasteiger partial charge is 0.230 e. The number of halogens is 1. The molecule has 0 aliphatic heterocycles. The van der Waals surface area contributed by atoms with Crippen molar-refractivity contribution in [1.29, 1.82) is 0 Å². The van der Waals surface area contributed by atoms with Crippen molar-refractivity contribution >= 4 is 41.0 Å². The van der Waals surface area contributed by atoms with Crippen LogP contribution in [-0.2, 0) is 10.5 Å². The summed E-state index contributed by atoms with van der Waals surface area (Å²) in [5.41, 5.74) is 1.17. The van der Waals surface area contributed by atoms with E-state index in [1.54, 1.807) is 23.5 Å². The zero-order chi connectivity index (χ0) is 14.6. The lowest BCUT2D eigenvalue weighted by Gasteiger charge is -2.05. The van der Waals surface area contributed by atoms with Gasteiger partial charge in [-0.2, -0.15) is 11.8 Å². The third kappa shape index (κ3) is 8.74. The van der Waals surface area contributed by atoms with Crippen LogP contribution in [0.25, 0.3) is 0 Å². The molecule has 6 heteroatoms. The molecule has 112 valence electrons. The van der Waals surface area contributed by atoms with Gasteiger partial charge >= 0.3 is 0 Å². The normalized spacial score (nSPS) is 10.5. The van der Waals surface area contributed by atoms with Crippen molar-refractivity contribution in [2.75, 3.05) is 30.4 Å².